The molecule has 0 aliphatic carbocycles. The molecule has 2 aromatic rings. The molecule has 1 fully saturated rings. The van der Waals surface area contributed by atoms with Crippen molar-refractivity contribution in [2.45, 2.75) is 39.2 Å². The number of hydrogen-bond donors (Lipinski definition) is 1. The van der Waals surface area contributed by atoms with Gasteiger partial charge in [-0.25, -0.2) is 0 Å². The Morgan fingerprint density at radius 2 is 1.76 bits per heavy atom. The Balaban J connectivity index is 1.53. The first-order valence-corrected chi connectivity index (χ1v) is 12.2. The van der Waals surface area contributed by atoms with Crippen LogP contribution >= 0.6 is 0 Å². The minimum atomic E-state index is -0.552. The number of aliphatic hydroxyl groups is 1. The summed E-state index contributed by atoms with van der Waals surface area (Å²) >= 11 is 0. The number of carbonyl (C=O) groups is 1. The van der Waals surface area contributed by atoms with Gasteiger partial charge in [0.25, 0.3) is 0 Å². The van der Waals surface area contributed by atoms with E-state index < -0.39 is 6.10 Å². The Kier molecular flexibility index (Phi) is 10.0. The number of rotatable bonds is 13. The Morgan fingerprint density at radius 3 is 2.41 bits per heavy atom. The zero-order valence-corrected chi connectivity index (χ0v) is 20.7. The monoisotopic (exact) mass is 470 g/mol. The average molecular weight is 471 g/mol. The van der Waals surface area contributed by atoms with Crippen LogP contribution in [-0.2, 0) is 11.2 Å². The lowest BCUT2D eigenvalue weighted by Crippen LogP contribution is -2.46. The van der Waals surface area contributed by atoms with Crippen molar-refractivity contribution in [3.8, 4) is 17.2 Å². The van der Waals surface area contributed by atoms with E-state index in [0.717, 1.165) is 44.7 Å². The standard InChI is InChI=1S/C27H38N2O5/c1-21(31)22(2)34-25-20-27(26(32-3)19-23(25)9-7-17-30)33-18-8-12-28-13-15-29(16-14-28)24-10-5-4-6-11-24/h4-6,10-11,19-20,22,30H,7-9,12-18H2,1-3H3. The van der Waals surface area contributed by atoms with Crippen molar-refractivity contribution in [1.82, 2.24) is 4.90 Å². The maximum atomic E-state index is 11.7. The molecule has 1 heterocycles. The number of Topliss-reactive ketones (excluding diaryl/α,β-unsaturated/α-hetero) is 1. The van der Waals surface area contributed by atoms with Crippen LogP contribution in [0.25, 0.3) is 0 Å². The van der Waals surface area contributed by atoms with E-state index in [1.54, 1.807) is 14.0 Å². The molecule has 2 aromatic carbocycles. The van der Waals surface area contributed by atoms with Gasteiger partial charge in [-0.15, -0.1) is 0 Å². The molecule has 3 rings (SSSR count). The highest BCUT2D eigenvalue weighted by molar-refractivity contribution is 5.80. The Bertz CT molecular complexity index is 897. The van der Waals surface area contributed by atoms with E-state index >= 15 is 0 Å². The van der Waals surface area contributed by atoms with Gasteiger partial charge < -0.3 is 24.2 Å². The van der Waals surface area contributed by atoms with Crippen LogP contribution in [0.3, 0.4) is 0 Å². The third-order valence-corrected chi connectivity index (χ3v) is 6.20. The molecule has 0 radical (unpaired) electrons. The van der Waals surface area contributed by atoms with Crippen LogP contribution in [0.1, 0.15) is 32.3 Å². The van der Waals surface area contributed by atoms with Gasteiger partial charge in [0.2, 0.25) is 0 Å². The number of anilines is 1. The number of carbonyl (C=O) groups excluding carboxylic acids is 1. The van der Waals surface area contributed by atoms with Crippen molar-refractivity contribution in [3.63, 3.8) is 0 Å². The molecule has 186 valence electrons. The average Bonchev–Trinajstić information content (AvgIpc) is 2.86. The molecule has 1 aliphatic rings. The summed E-state index contributed by atoms with van der Waals surface area (Å²) in [4.78, 5) is 16.6. The first-order chi connectivity index (χ1) is 16.5. The fourth-order valence-corrected chi connectivity index (χ4v) is 4.04. The molecule has 0 aromatic heterocycles. The number of benzene rings is 2. The molecular formula is C27H38N2O5. The molecule has 7 heteroatoms. The van der Waals surface area contributed by atoms with Crippen LogP contribution in [0.5, 0.6) is 17.2 Å². The van der Waals surface area contributed by atoms with E-state index in [1.165, 1.54) is 12.6 Å². The summed E-state index contributed by atoms with van der Waals surface area (Å²) in [5.41, 5.74) is 2.18. The topological polar surface area (TPSA) is 71.5 Å². The molecule has 0 saturated carbocycles. The lowest BCUT2D eigenvalue weighted by Gasteiger charge is -2.36. The maximum Gasteiger partial charge on any atom is 0.169 e. The number of ether oxygens (including phenoxy) is 3. The predicted molar refractivity (Wildman–Crippen MR) is 134 cm³/mol. The number of piperazine rings is 1. The van der Waals surface area contributed by atoms with Crippen LogP contribution in [-0.4, -0.2) is 74.9 Å². The largest absolute Gasteiger partial charge is 0.493 e. The fourth-order valence-electron chi connectivity index (χ4n) is 4.04. The van der Waals surface area contributed by atoms with Crippen LogP contribution in [0, 0.1) is 0 Å². The second-order valence-corrected chi connectivity index (χ2v) is 8.67. The summed E-state index contributed by atoms with van der Waals surface area (Å²) < 4.78 is 17.5. The highest BCUT2D eigenvalue weighted by atomic mass is 16.5. The Hall–Kier alpha value is -2.77. The van der Waals surface area contributed by atoms with E-state index in [4.69, 9.17) is 14.2 Å². The SMILES string of the molecule is COc1cc(CCCO)c(OC(C)C(C)=O)cc1OCCCN1CCN(c2ccccc2)CC1. The lowest BCUT2D eigenvalue weighted by molar-refractivity contribution is -0.122. The van der Waals surface area contributed by atoms with Gasteiger partial charge in [-0.05, 0) is 56.9 Å². The Labute approximate surface area is 203 Å². The van der Waals surface area contributed by atoms with Gasteiger partial charge in [0, 0.05) is 51.1 Å². The van der Waals surface area contributed by atoms with Crippen molar-refractivity contribution in [2.75, 3.05) is 57.9 Å². The number of methoxy groups -OCH3 is 1. The third-order valence-electron chi connectivity index (χ3n) is 6.20. The number of nitrogens with zero attached hydrogens (tertiary/aromatic N) is 2. The summed E-state index contributed by atoms with van der Waals surface area (Å²) in [5.74, 6) is 1.80. The number of aliphatic hydroxyl groups excluding tert-OH is 1. The van der Waals surface area contributed by atoms with E-state index in [0.29, 0.717) is 36.7 Å². The van der Waals surface area contributed by atoms with Crippen LogP contribution in [0.4, 0.5) is 5.69 Å². The molecule has 0 amide bonds. The number of aryl methyl sites for hydroxylation is 1. The molecule has 0 spiro atoms. The minimum absolute atomic E-state index is 0.0428. The quantitative estimate of drug-likeness (QED) is 0.449. The summed E-state index contributed by atoms with van der Waals surface area (Å²) in [6, 6.07) is 14.3. The van der Waals surface area contributed by atoms with Crippen molar-refractivity contribution in [1.29, 1.82) is 0 Å². The Morgan fingerprint density at radius 1 is 1.03 bits per heavy atom. The highest BCUT2D eigenvalue weighted by Crippen LogP contribution is 2.36. The van der Waals surface area contributed by atoms with Crippen molar-refractivity contribution >= 4 is 11.5 Å². The highest BCUT2D eigenvalue weighted by Gasteiger charge is 2.19. The summed E-state index contributed by atoms with van der Waals surface area (Å²) in [5, 5.41) is 9.24. The predicted octanol–water partition coefficient (Wildman–Crippen LogP) is 3.57. The number of hydrogen-bond acceptors (Lipinski definition) is 7. The molecule has 1 N–H and O–H groups in total. The molecule has 34 heavy (non-hydrogen) atoms. The second-order valence-electron chi connectivity index (χ2n) is 8.67. The van der Waals surface area contributed by atoms with Crippen molar-refractivity contribution < 1.29 is 24.1 Å². The molecule has 1 aliphatic heterocycles. The molecule has 0 bridgehead atoms. The van der Waals surface area contributed by atoms with Gasteiger partial charge in [0.05, 0.1) is 13.7 Å². The molecule has 1 saturated heterocycles. The number of ketones is 1. The van der Waals surface area contributed by atoms with Gasteiger partial charge in [0.1, 0.15) is 5.75 Å². The van der Waals surface area contributed by atoms with Gasteiger partial charge in [-0.1, -0.05) is 18.2 Å². The van der Waals surface area contributed by atoms with Gasteiger partial charge in [-0.3, -0.25) is 9.69 Å². The number of para-hydroxylation sites is 1. The van der Waals surface area contributed by atoms with Gasteiger partial charge >= 0.3 is 0 Å². The minimum Gasteiger partial charge on any atom is -0.493 e. The summed E-state index contributed by atoms with van der Waals surface area (Å²) in [6.45, 7) is 9.02. The second kappa shape index (κ2) is 13.2. The van der Waals surface area contributed by atoms with Crippen LogP contribution in [0.2, 0.25) is 0 Å². The van der Waals surface area contributed by atoms with Crippen molar-refractivity contribution in [2.24, 2.45) is 0 Å². The molecule has 1 unspecified atom stereocenters. The zero-order valence-electron chi connectivity index (χ0n) is 20.7. The van der Waals surface area contributed by atoms with E-state index in [2.05, 4.69) is 40.1 Å². The van der Waals surface area contributed by atoms with Crippen LogP contribution < -0.4 is 19.1 Å². The molecular weight excluding hydrogens is 432 g/mol. The lowest BCUT2D eigenvalue weighted by atomic mass is 10.1. The zero-order chi connectivity index (χ0) is 24.3. The molecule has 1 atom stereocenters. The smallest absolute Gasteiger partial charge is 0.169 e. The van der Waals surface area contributed by atoms with E-state index in [-0.39, 0.29) is 12.4 Å². The summed E-state index contributed by atoms with van der Waals surface area (Å²) in [7, 11) is 1.61. The van der Waals surface area contributed by atoms with Gasteiger partial charge in [-0.2, -0.15) is 0 Å². The fraction of sp³-hybridized carbons (Fsp3) is 0.519. The first-order valence-electron chi connectivity index (χ1n) is 12.2. The van der Waals surface area contributed by atoms with Crippen LogP contribution in [0.15, 0.2) is 42.5 Å². The van der Waals surface area contributed by atoms with E-state index in [1.807, 2.05) is 12.1 Å². The molecule has 7 nitrogen and oxygen atoms in total. The summed E-state index contributed by atoms with van der Waals surface area (Å²) in [6.07, 6.45) is 1.58. The maximum absolute atomic E-state index is 11.7. The third kappa shape index (κ3) is 7.37. The normalized spacial score (nSPS) is 15.1. The first kappa shape index (κ1) is 25.8. The van der Waals surface area contributed by atoms with Crippen molar-refractivity contribution in [3.05, 3.63) is 48.0 Å². The van der Waals surface area contributed by atoms with E-state index in [9.17, 15) is 9.90 Å². The van der Waals surface area contributed by atoms with Gasteiger partial charge in [0.15, 0.2) is 23.4 Å².